The molecule has 1 aliphatic rings. The molecule has 1 aliphatic carbocycles. The number of benzene rings is 2. The van der Waals surface area contributed by atoms with Crippen LogP contribution in [0.4, 0.5) is 0 Å². The molecule has 3 rings (SSSR count). The van der Waals surface area contributed by atoms with Crippen LogP contribution < -0.4 is 0 Å². The number of carbonyl (C=O) groups is 1. The van der Waals surface area contributed by atoms with E-state index in [2.05, 4.69) is 9.39 Å². The van der Waals surface area contributed by atoms with E-state index in [-0.39, 0.29) is 21.5 Å². The van der Waals surface area contributed by atoms with Gasteiger partial charge in [-0.3, -0.25) is 4.79 Å². The number of hydrogen-bond acceptors (Lipinski definition) is 3. The van der Waals surface area contributed by atoms with E-state index in [1.165, 1.54) is 30.4 Å². The molecule has 0 saturated carbocycles. The van der Waals surface area contributed by atoms with Crippen LogP contribution in [0.1, 0.15) is 11.1 Å². The van der Waals surface area contributed by atoms with Gasteiger partial charge in [0.1, 0.15) is 0 Å². The summed E-state index contributed by atoms with van der Waals surface area (Å²) in [6.07, 6.45) is 4.06. The van der Waals surface area contributed by atoms with Crippen LogP contribution in [0, 0.1) is 6.92 Å². The minimum absolute atomic E-state index is 0.0157. The first-order valence-electron chi connectivity index (χ1n) is 8.10. The van der Waals surface area contributed by atoms with Gasteiger partial charge in [0.05, 0.1) is 15.6 Å². The Morgan fingerprint density at radius 1 is 0.929 bits per heavy atom. The Labute approximate surface area is 172 Å². The molecule has 0 aliphatic heterocycles. The van der Waals surface area contributed by atoms with Crippen LogP contribution in [0.5, 0.6) is 0 Å². The van der Waals surface area contributed by atoms with Gasteiger partial charge in [0.25, 0.3) is 10.0 Å². The lowest BCUT2D eigenvalue weighted by Crippen LogP contribution is -2.09. The molecule has 0 spiro atoms. The monoisotopic (exact) mass is 432 g/mol. The Hall–Kier alpha value is -2.54. The van der Waals surface area contributed by atoms with Gasteiger partial charge in [-0.05, 0) is 61.5 Å². The van der Waals surface area contributed by atoms with Gasteiger partial charge in [-0.15, -0.1) is 4.40 Å². The van der Waals surface area contributed by atoms with Gasteiger partial charge in [-0.25, -0.2) is 4.99 Å². The molecular weight excluding hydrogens is 419 g/mol. The van der Waals surface area contributed by atoms with E-state index >= 15 is 0 Å². The number of halogens is 2. The maximum absolute atomic E-state index is 12.8. The molecule has 0 aromatic heterocycles. The molecule has 0 fully saturated rings. The third-order valence-electron chi connectivity index (χ3n) is 3.78. The molecule has 8 heteroatoms. The summed E-state index contributed by atoms with van der Waals surface area (Å²) in [5, 5.41) is 0.473. The van der Waals surface area contributed by atoms with Gasteiger partial charge < -0.3 is 0 Å². The molecular formula is C20H14Cl2N2O3S. The highest BCUT2D eigenvalue weighted by Gasteiger charge is 2.17. The van der Waals surface area contributed by atoms with Crippen molar-refractivity contribution in [1.82, 2.24) is 0 Å². The highest BCUT2D eigenvalue weighted by Crippen LogP contribution is 2.18. The van der Waals surface area contributed by atoms with Crippen LogP contribution in [0.3, 0.4) is 0 Å². The van der Waals surface area contributed by atoms with Crippen LogP contribution >= 0.6 is 23.2 Å². The zero-order chi connectivity index (χ0) is 20.3. The normalized spacial score (nSPS) is 16.4. The van der Waals surface area contributed by atoms with Gasteiger partial charge >= 0.3 is 0 Å². The molecule has 0 atom stereocenters. The average Bonchev–Trinajstić information content (AvgIpc) is 2.65. The molecule has 0 heterocycles. The molecule has 142 valence electrons. The van der Waals surface area contributed by atoms with E-state index in [0.29, 0.717) is 16.3 Å². The van der Waals surface area contributed by atoms with Crippen LogP contribution in [-0.4, -0.2) is 25.7 Å². The maximum Gasteiger partial charge on any atom is 0.284 e. The number of carbonyl (C=O) groups excluding carboxylic acids is 1. The fourth-order valence-electron chi connectivity index (χ4n) is 2.29. The molecule has 28 heavy (non-hydrogen) atoms. The van der Waals surface area contributed by atoms with E-state index in [4.69, 9.17) is 23.2 Å². The van der Waals surface area contributed by atoms with Gasteiger partial charge in [0.15, 0.2) is 11.6 Å². The standard InChI is InChI=1S/C20H14Cl2N2O3S/c1-13-2-9-17(10-3-13)28(26,27)24-20(14-4-6-15(21)7-5-14)23-16-8-11-19(25)18(22)12-16/h2-12H,1H3/b23-16?,24-20+. The van der Waals surface area contributed by atoms with E-state index in [0.717, 1.165) is 5.56 Å². The second kappa shape index (κ2) is 8.22. The van der Waals surface area contributed by atoms with Gasteiger partial charge in [-0.1, -0.05) is 40.9 Å². The predicted molar refractivity (Wildman–Crippen MR) is 112 cm³/mol. The number of ketones is 1. The Kier molecular flexibility index (Phi) is 5.93. The summed E-state index contributed by atoms with van der Waals surface area (Å²) in [7, 11) is -4.01. The quantitative estimate of drug-likeness (QED) is 0.407. The largest absolute Gasteiger partial charge is 0.288 e. The summed E-state index contributed by atoms with van der Waals surface area (Å²) in [6.45, 7) is 1.86. The molecule has 5 nitrogen and oxygen atoms in total. The number of nitrogens with zero attached hydrogens (tertiary/aromatic N) is 2. The second-order valence-electron chi connectivity index (χ2n) is 5.94. The van der Waals surface area contributed by atoms with Gasteiger partial charge in [-0.2, -0.15) is 8.42 Å². The minimum atomic E-state index is -4.01. The molecule has 2 aromatic carbocycles. The molecule has 0 amide bonds. The lowest BCUT2D eigenvalue weighted by Gasteiger charge is -2.07. The SMILES string of the molecule is Cc1ccc(S(=O)(=O)/N=C(/N=C2C=CC(=O)C(Cl)=C2)c2ccc(Cl)cc2)cc1. The predicted octanol–water partition coefficient (Wildman–Crippen LogP) is 4.49. The van der Waals surface area contributed by atoms with E-state index < -0.39 is 10.0 Å². The van der Waals surface area contributed by atoms with Crippen molar-refractivity contribution >= 4 is 50.6 Å². The Morgan fingerprint density at radius 2 is 1.57 bits per heavy atom. The first kappa shape index (κ1) is 20.2. The molecule has 0 bridgehead atoms. The Morgan fingerprint density at radius 3 is 2.18 bits per heavy atom. The van der Waals surface area contributed by atoms with Crippen LogP contribution in [0.15, 0.2) is 86.1 Å². The first-order chi connectivity index (χ1) is 13.2. The fraction of sp³-hybridized carbons (Fsp3) is 0.0500. The highest BCUT2D eigenvalue weighted by molar-refractivity contribution is 7.90. The third kappa shape index (κ3) is 4.84. The molecule has 2 aromatic rings. The van der Waals surface area contributed by atoms with Gasteiger partial charge in [0, 0.05) is 10.6 Å². The molecule has 0 unspecified atom stereocenters. The average molecular weight is 433 g/mol. The fourth-order valence-corrected chi connectivity index (χ4v) is 3.56. The Bertz CT molecular complexity index is 1140. The van der Waals surface area contributed by atoms with Gasteiger partial charge in [0.2, 0.25) is 0 Å². The van der Waals surface area contributed by atoms with Crippen molar-refractivity contribution in [3.8, 4) is 0 Å². The maximum atomic E-state index is 12.8. The lowest BCUT2D eigenvalue weighted by molar-refractivity contribution is -0.110. The van der Waals surface area contributed by atoms with E-state index in [1.54, 1.807) is 36.4 Å². The van der Waals surface area contributed by atoms with Crippen LogP contribution in [-0.2, 0) is 14.8 Å². The van der Waals surface area contributed by atoms with Crippen molar-refractivity contribution in [2.45, 2.75) is 11.8 Å². The summed E-state index contributed by atoms with van der Waals surface area (Å²) < 4.78 is 29.4. The smallest absolute Gasteiger partial charge is 0.284 e. The van der Waals surface area contributed by atoms with Crippen molar-refractivity contribution in [2.24, 2.45) is 9.39 Å². The summed E-state index contributed by atoms with van der Waals surface area (Å²) in [5.74, 6) is -0.398. The van der Waals surface area contributed by atoms with Crippen molar-refractivity contribution in [1.29, 1.82) is 0 Å². The highest BCUT2D eigenvalue weighted by atomic mass is 35.5. The number of aryl methyl sites for hydroxylation is 1. The molecule has 0 N–H and O–H groups in total. The zero-order valence-electron chi connectivity index (χ0n) is 14.6. The molecule has 0 radical (unpaired) electrons. The van der Waals surface area contributed by atoms with Crippen LogP contribution in [0.25, 0.3) is 0 Å². The summed E-state index contributed by atoms with van der Waals surface area (Å²) in [4.78, 5) is 15.8. The lowest BCUT2D eigenvalue weighted by atomic mass is 10.1. The number of amidine groups is 1. The number of aliphatic imine (C=N–C) groups is 1. The second-order valence-corrected chi connectivity index (χ2v) is 8.38. The van der Waals surface area contributed by atoms with Crippen molar-refractivity contribution in [2.75, 3.05) is 0 Å². The van der Waals surface area contributed by atoms with E-state index in [1.807, 2.05) is 6.92 Å². The Balaban J connectivity index is 2.12. The summed E-state index contributed by atoms with van der Waals surface area (Å²) in [5.41, 5.74) is 1.68. The zero-order valence-corrected chi connectivity index (χ0v) is 17.0. The third-order valence-corrected chi connectivity index (χ3v) is 5.61. The van der Waals surface area contributed by atoms with Crippen LogP contribution in [0.2, 0.25) is 5.02 Å². The number of rotatable bonds is 3. The number of allylic oxidation sites excluding steroid dienone is 4. The topological polar surface area (TPSA) is 75.9 Å². The van der Waals surface area contributed by atoms with Crippen molar-refractivity contribution in [3.63, 3.8) is 0 Å². The van der Waals surface area contributed by atoms with E-state index in [9.17, 15) is 13.2 Å². The van der Waals surface area contributed by atoms with Crippen molar-refractivity contribution < 1.29 is 13.2 Å². The molecule has 0 saturated heterocycles. The minimum Gasteiger partial charge on any atom is -0.288 e. The number of hydrogen-bond donors (Lipinski definition) is 0. The first-order valence-corrected chi connectivity index (χ1v) is 10.3. The van der Waals surface area contributed by atoms with Crippen molar-refractivity contribution in [3.05, 3.63) is 87.9 Å². The number of sulfonamides is 1. The summed E-state index contributed by atoms with van der Waals surface area (Å²) in [6, 6.07) is 12.8. The summed E-state index contributed by atoms with van der Waals surface area (Å²) >= 11 is 11.8.